The summed E-state index contributed by atoms with van der Waals surface area (Å²) in [5.41, 5.74) is 0.692. The third-order valence-electron chi connectivity index (χ3n) is 7.10. The maximum Gasteiger partial charge on any atom is 0.00981 e. The van der Waals surface area contributed by atoms with E-state index < -0.39 is 0 Å². The molecule has 0 aliphatic heterocycles. The molecule has 5 saturated carbocycles. The molecule has 0 spiro atoms. The lowest BCUT2D eigenvalue weighted by Crippen LogP contribution is -2.56. The molecule has 0 amide bonds. The summed E-state index contributed by atoms with van der Waals surface area (Å²) in [5.74, 6) is 4.30. The van der Waals surface area contributed by atoms with E-state index in [4.69, 9.17) is 0 Å². The highest BCUT2D eigenvalue weighted by atomic mass is 15.0. The summed E-state index contributed by atoms with van der Waals surface area (Å²) in [4.78, 5) is 0. The monoisotopic (exact) mass is 261 g/mol. The van der Waals surface area contributed by atoms with Crippen LogP contribution in [0.25, 0.3) is 0 Å². The molecule has 5 aliphatic rings. The van der Waals surface area contributed by atoms with Crippen LogP contribution in [0.15, 0.2) is 0 Å². The van der Waals surface area contributed by atoms with Crippen LogP contribution in [0.5, 0.6) is 0 Å². The van der Waals surface area contributed by atoms with Crippen molar-refractivity contribution in [2.24, 2.45) is 29.1 Å². The van der Waals surface area contributed by atoms with Crippen LogP contribution in [0, 0.1) is 29.1 Å². The molecular formula is C18H31N. The summed E-state index contributed by atoms with van der Waals surface area (Å²) in [6, 6.07) is 1.59. The first-order chi connectivity index (χ1) is 9.18. The summed E-state index contributed by atoms with van der Waals surface area (Å²) in [7, 11) is 0. The number of rotatable bonds is 5. The van der Waals surface area contributed by atoms with Crippen molar-refractivity contribution in [2.75, 3.05) is 0 Å². The summed E-state index contributed by atoms with van der Waals surface area (Å²) in [6.07, 6.45) is 13.7. The Balaban J connectivity index is 1.48. The molecule has 0 aromatic carbocycles. The largest absolute Gasteiger partial charge is 0.311 e. The van der Waals surface area contributed by atoms with Crippen molar-refractivity contribution in [1.29, 1.82) is 0 Å². The fraction of sp³-hybridized carbons (Fsp3) is 1.00. The second kappa shape index (κ2) is 4.48. The second-order valence-electron chi connectivity index (χ2n) is 8.52. The van der Waals surface area contributed by atoms with Crippen molar-refractivity contribution in [3.8, 4) is 0 Å². The van der Waals surface area contributed by atoms with E-state index in [2.05, 4.69) is 19.2 Å². The van der Waals surface area contributed by atoms with Gasteiger partial charge < -0.3 is 5.32 Å². The standard InChI is InChI=1S/C18H31N/c1-3-17(16-4-5-16)19-12(2)18-9-13-6-14(10-18)8-15(7-13)11-18/h12-17,19H,3-11H2,1-2H3. The average Bonchev–Trinajstić information content (AvgIpc) is 3.18. The Hall–Kier alpha value is -0.0400. The first kappa shape index (κ1) is 12.7. The zero-order valence-electron chi connectivity index (χ0n) is 12.8. The fourth-order valence-corrected chi connectivity index (χ4v) is 6.29. The minimum absolute atomic E-state index is 0.692. The molecule has 0 saturated heterocycles. The lowest BCUT2D eigenvalue weighted by Gasteiger charge is -2.59. The number of nitrogens with one attached hydrogen (secondary N) is 1. The van der Waals surface area contributed by atoms with E-state index in [0.717, 1.165) is 35.8 Å². The van der Waals surface area contributed by atoms with Crippen molar-refractivity contribution in [3.05, 3.63) is 0 Å². The molecule has 2 unspecified atom stereocenters. The Labute approximate surface area is 118 Å². The molecule has 4 bridgehead atoms. The van der Waals surface area contributed by atoms with Crippen LogP contribution in [0.4, 0.5) is 0 Å². The molecule has 5 rings (SSSR count). The second-order valence-corrected chi connectivity index (χ2v) is 8.52. The van der Waals surface area contributed by atoms with Crippen LogP contribution in [-0.4, -0.2) is 12.1 Å². The Morgan fingerprint density at radius 1 is 1.00 bits per heavy atom. The van der Waals surface area contributed by atoms with Gasteiger partial charge in [-0.1, -0.05) is 6.92 Å². The van der Waals surface area contributed by atoms with Gasteiger partial charge in [0.25, 0.3) is 0 Å². The van der Waals surface area contributed by atoms with Gasteiger partial charge in [0.2, 0.25) is 0 Å². The Morgan fingerprint density at radius 3 is 1.95 bits per heavy atom. The van der Waals surface area contributed by atoms with Crippen molar-refractivity contribution in [2.45, 2.75) is 83.7 Å². The molecule has 0 radical (unpaired) electrons. The fourth-order valence-electron chi connectivity index (χ4n) is 6.29. The van der Waals surface area contributed by atoms with Crippen LogP contribution in [0.3, 0.4) is 0 Å². The minimum atomic E-state index is 0.692. The summed E-state index contributed by atoms with van der Waals surface area (Å²) >= 11 is 0. The van der Waals surface area contributed by atoms with Gasteiger partial charge in [0.15, 0.2) is 0 Å². The van der Waals surface area contributed by atoms with Gasteiger partial charge in [-0.25, -0.2) is 0 Å². The van der Waals surface area contributed by atoms with Crippen LogP contribution in [0.2, 0.25) is 0 Å². The zero-order valence-corrected chi connectivity index (χ0v) is 12.8. The van der Waals surface area contributed by atoms with E-state index in [0.29, 0.717) is 5.41 Å². The van der Waals surface area contributed by atoms with Gasteiger partial charge in [-0.05, 0) is 93.8 Å². The first-order valence-electron chi connectivity index (χ1n) is 8.94. The molecule has 1 N–H and O–H groups in total. The molecule has 108 valence electrons. The van der Waals surface area contributed by atoms with E-state index in [1.165, 1.54) is 19.3 Å². The van der Waals surface area contributed by atoms with Crippen molar-refractivity contribution in [3.63, 3.8) is 0 Å². The molecule has 5 aliphatic carbocycles. The maximum absolute atomic E-state index is 4.09. The zero-order chi connectivity index (χ0) is 13.0. The van der Waals surface area contributed by atoms with E-state index in [9.17, 15) is 0 Å². The summed E-state index contributed by atoms with van der Waals surface area (Å²) in [6.45, 7) is 4.90. The van der Waals surface area contributed by atoms with Gasteiger partial charge in [-0.3, -0.25) is 0 Å². The molecule has 1 nitrogen and oxygen atoms in total. The highest BCUT2D eigenvalue weighted by Gasteiger charge is 2.53. The van der Waals surface area contributed by atoms with Crippen molar-refractivity contribution in [1.82, 2.24) is 5.32 Å². The third kappa shape index (κ3) is 2.17. The van der Waals surface area contributed by atoms with Gasteiger partial charge in [0.1, 0.15) is 0 Å². The van der Waals surface area contributed by atoms with E-state index in [1.54, 1.807) is 38.5 Å². The third-order valence-corrected chi connectivity index (χ3v) is 7.10. The lowest BCUT2D eigenvalue weighted by molar-refractivity contribution is -0.0725. The molecule has 0 aromatic heterocycles. The van der Waals surface area contributed by atoms with Crippen LogP contribution < -0.4 is 5.32 Å². The highest BCUT2D eigenvalue weighted by Crippen LogP contribution is 2.61. The summed E-state index contributed by atoms with van der Waals surface area (Å²) in [5, 5.41) is 4.09. The Bertz CT molecular complexity index is 308. The average molecular weight is 261 g/mol. The van der Waals surface area contributed by atoms with Gasteiger partial charge in [-0.2, -0.15) is 0 Å². The molecule has 2 atom stereocenters. The topological polar surface area (TPSA) is 12.0 Å². The highest BCUT2D eigenvalue weighted by molar-refractivity contribution is 5.06. The normalized spacial score (nSPS) is 47.4. The molecule has 19 heavy (non-hydrogen) atoms. The van der Waals surface area contributed by atoms with E-state index >= 15 is 0 Å². The van der Waals surface area contributed by atoms with Crippen LogP contribution in [0.1, 0.15) is 71.6 Å². The van der Waals surface area contributed by atoms with Crippen molar-refractivity contribution >= 4 is 0 Å². The SMILES string of the molecule is CCC(NC(C)C12CC3CC(CC(C3)C1)C2)C1CC1. The molecular weight excluding hydrogens is 230 g/mol. The molecule has 5 fully saturated rings. The van der Waals surface area contributed by atoms with E-state index in [-0.39, 0.29) is 0 Å². The Kier molecular flexibility index (Phi) is 2.99. The van der Waals surface area contributed by atoms with Gasteiger partial charge >= 0.3 is 0 Å². The van der Waals surface area contributed by atoms with Gasteiger partial charge in [0, 0.05) is 12.1 Å². The minimum Gasteiger partial charge on any atom is -0.311 e. The quantitative estimate of drug-likeness (QED) is 0.775. The number of hydrogen-bond acceptors (Lipinski definition) is 1. The number of hydrogen-bond donors (Lipinski definition) is 1. The summed E-state index contributed by atoms with van der Waals surface area (Å²) < 4.78 is 0. The lowest BCUT2D eigenvalue weighted by atomic mass is 9.48. The predicted molar refractivity (Wildman–Crippen MR) is 80.0 cm³/mol. The molecule has 0 heterocycles. The van der Waals surface area contributed by atoms with Gasteiger partial charge in [-0.15, -0.1) is 0 Å². The maximum atomic E-state index is 4.09. The molecule has 0 aromatic rings. The van der Waals surface area contributed by atoms with Crippen LogP contribution in [-0.2, 0) is 0 Å². The first-order valence-corrected chi connectivity index (χ1v) is 8.94. The van der Waals surface area contributed by atoms with E-state index in [1.807, 2.05) is 0 Å². The predicted octanol–water partition coefficient (Wildman–Crippen LogP) is 4.37. The molecule has 1 heteroatoms. The van der Waals surface area contributed by atoms with Crippen LogP contribution >= 0.6 is 0 Å². The Morgan fingerprint density at radius 2 is 1.53 bits per heavy atom. The van der Waals surface area contributed by atoms with Crippen molar-refractivity contribution < 1.29 is 0 Å². The smallest absolute Gasteiger partial charge is 0.00981 e. The van der Waals surface area contributed by atoms with Gasteiger partial charge in [0.05, 0.1) is 0 Å².